The quantitative estimate of drug-likeness (QED) is 0.777. The van der Waals surface area contributed by atoms with Crippen LogP contribution < -0.4 is 9.47 Å². The highest BCUT2D eigenvalue weighted by Gasteiger charge is 2.37. The standard InChI is InChI=1S/C23H27NO4/c1-13(2)5-7-24-8-6-14-11-20(28-4)23(26)22-16-12-19(27-3)18(25)10-15(16)9-17(24)21(14)22/h5,10-12,17,25-26H,6-9H2,1-4H3. The molecule has 0 saturated carbocycles. The predicted octanol–water partition coefficient (Wildman–Crippen LogP) is 4.20. The smallest absolute Gasteiger partial charge is 0.166 e. The van der Waals surface area contributed by atoms with Gasteiger partial charge in [-0.05, 0) is 67.1 Å². The molecule has 0 aromatic heterocycles. The van der Waals surface area contributed by atoms with Gasteiger partial charge in [-0.1, -0.05) is 11.6 Å². The van der Waals surface area contributed by atoms with Gasteiger partial charge in [-0.25, -0.2) is 0 Å². The number of hydrogen-bond acceptors (Lipinski definition) is 5. The maximum absolute atomic E-state index is 11.0. The molecule has 0 bridgehead atoms. The Hall–Kier alpha value is -2.66. The molecule has 2 aromatic rings. The van der Waals surface area contributed by atoms with Gasteiger partial charge in [0.1, 0.15) is 0 Å². The molecule has 1 atom stereocenters. The molecule has 0 radical (unpaired) electrons. The van der Waals surface area contributed by atoms with Crippen molar-refractivity contribution in [2.75, 3.05) is 27.3 Å². The second kappa shape index (κ2) is 7.06. The molecule has 1 heterocycles. The van der Waals surface area contributed by atoms with Crippen LogP contribution in [0.3, 0.4) is 0 Å². The van der Waals surface area contributed by atoms with E-state index >= 15 is 0 Å². The highest BCUT2D eigenvalue weighted by molar-refractivity contribution is 5.84. The van der Waals surface area contributed by atoms with Crippen molar-refractivity contribution in [1.82, 2.24) is 4.90 Å². The van der Waals surface area contributed by atoms with Crippen LogP contribution in [0.1, 0.15) is 36.6 Å². The number of benzene rings is 2. The van der Waals surface area contributed by atoms with Crippen LogP contribution >= 0.6 is 0 Å². The Labute approximate surface area is 165 Å². The minimum Gasteiger partial charge on any atom is -0.504 e. The molecule has 0 saturated heterocycles. The summed E-state index contributed by atoms with van der Waals surface area (Å²) < 4.78 is 10.8. The fourth-order valence-corrected chi connectivity index (χ4v) is 4.47. The number of allylic oxidation sites excluding steroid dienone is 1. The molecule has 5 nitrogen and oxygen atoms in total. The van der Waals surface area contributed by atoms with Crippen molar-refractivity contribution in [3.05, 3.63) is 46.5 Å². The van der Waals surface area contributed by atoms with E-state index in [-0.39, 0.29) is 17.5 Å². The first-order valence-corrected chi connectivity index (χ1v) is 9.65. The van der Waals surface area contributed by atoms with E-state index in [1.807, 2.05) is 12.1 Å². The Morgan fingerprint density at radius 3 is 2.54 bits per heavy atom. The maximum atomic E-state index is 11.0. The molecule has 2 aromatic carbocycles. The average molecular weight is 381 g/mol. The summed E-state index contributed by atoms with van der Waals surface area (Å²) in [6.45, 7) is 6.05. The van der Waals surface area contributed by atoms with Crippen molar-refractivity contribution in [3.8, 4) is 34.1 Å². The van der Waals surface area contributed by atoms with E-state index < -0.39 is 0 Å². The second-order valence-corrected chi connectivity index (χ2v) is 7.80. The van der Waals surface area contributed by atoms with E-state index in [9.17, 15) is 10.2 Å². The van der Waals surface area contributed by atoms with Crippen molar-refractivity contribution in [3.63, 3.8) is 0 Å². The summed E-state index contributed by atoms with van der Waals surface area (Å²) in [4.78, 5) is 2.45. The zero-order chi connectivity index (χ0) is 20.0. The van der Waals surface area contributed by atoms with Crippen molar-refractivity contribution in [1.29, 1.82) is 0 Å². The van der Waals surface area contributed by atoms with E-state index in [4.69, 9.17) is 9.47 Å². The number of phenols is 2. The SMILES string of the molecule is COc1cc2c(cc1O)CC1c3c(cc(OC)c(O)c3-2)CCN1CC=C(C)C. The average Bonchev–Trinajstić information content (AvgIpc) is 2.68. The molecule has 1 aliphatic carbocycles. The molecular weight excluding hydrogens is 354 g/mol. The Balaban J connectivity index is 1.94. The van der Waals surface area contributed by atoms with Crippen LogP contribution in [-0.2, 0) is 12.8 Å². The number of methoxy groups -OCH3 is 2. The Morgan fingerprint density at radius 2 is 1.86 bits per heavy atom. The van der Waals surface area contributed by atoms with Gasteiger partial charge in [-0.3, -0.25) is 4.90 Å². The lowest BCUT2D eigenvalue weighted by atomic mass is 9.76. The van der Waals surface area contributed by atoms with Gasteiger partial charge in [0.2, 0.25) is 0 Å². The van der Waals surface area contributed by atoms with E-state index in [1.165, 1.54) is 23.8 Å². The Morgan fingerprint density at radius 1 is 1.11 bits per heavy atom. The van der Waals surface area contributed by atoms with Crippen molar-refractivity contribution < 1.29 is 19.7 Å². The van der Waals surface area contributed by atoms with Crippen LogP contribution in [0, 0.1) is 0 Å². The number of hydrogen-bond donors (Lipinski definition) is 2. The van der Waals surface area contributed by atoms with Crippen molar-refractivity contribution >= 4 is 0 Å². The maximum Gasteiger partial charge on any atom is 0.166 e. The second-order valence-electron chi connectivity index (χ2n) is 7.80. The van der Waals surface area contributed by atoms with Gasteiger partial charge in [0, 0.05) is 24.7 Å². The molecule has 28 heavy (non-hydrogen) atoms. The molecular formula is C23H27NO4. The van der Waals surface area contributed by atoms with Gasteiger partial charge in [0.15, 0.2) is 23.0 Å². The van der Waals surface area contributed by atoms with Gasteiger partial charge >= 0.3 is 0 Å². The first-order chi connectivity index (χ1) is 13.4. The lowest BCUT2D eigenvalue weighted by Gasteiger charge is -2.42. The molecule has 1 aliphatic heterocycles. The normalized spacial score (nSPS) is 17.5. The summed E-state index contributed by atoms with van der Waals surface area (Å²) >= 11 is 0. The number of fused-ring (bicyclic) bond motifs is 2. The first-order valence-electron chi connectivity index (χ1n) is 9.65. The monoisotopic (exact) mass is 381 g/mol. The molecule has 4 rings (SSSR count). The number of nitrogens with zero attached hydrogens (tertiary/aromatic N) is 1. The highest BCUT2D eigenvalue weighted by Crippen LogP contribution is 2.53. The van der Waals surface area contributed by atoms with Crippen LogP contribution in [0.2, 0.25) is 0 Å². The van der Waals surface area contributed by atoms with E-state index in [1.54, 1.807) is 13.2 Å². The molecule has 1 unspecified atom stereocenters. The summed E-state index contributed by atoms with van der Waals surface area (Å²) in [5.41, 5.74) is 6.41. The van der Waals surface area contributed by atoms with Gasteiger partial charge in [-0.15, -0.1) is 0 Å². The fourth-order valence-electron chi connectivity index (χ4n) is 4.47. The molecule has 0 amide bonds. The Bertz CT molecular complexity index is 960. The topological polar surface area (TPSA) is 62.2 Å². The summed E-state index contributed by atoms with van der Waals surface area (Å²) in [7, 11) is 3.12. The zero-order valence-corrected chi connectivity index (χ0v) is 16.9. The molecule has 2 aliphatic rings. The van der Waals surface area contributed by atoms with Gasteiger partial charge in [0.25, 0.3) is 0 Å². The van der Waals surface area contributed by atoms with Crippen molar-refractivity contribution in [2.45, 2.75) is 32.7 Å². The Kier molecular flexibility index (Phi) is 4.71. The minimum atomic E-state index is 0.124. The van der Waals surface area contributed by atoms with E-state index in [0.717, 1.165) is 42.6 Å². The van der Waals surface area contributed by atoms with Crippen LogP contribution in [0.5, 0.6) is 23.0 Å². The summed E-state index contributed by atoms with van der Waals surface area (Å²) in [6.07, 6.45) is 3.95. The highest BCUT2D eigenvalue weighted by atomic mass is 16.5. The number of aromatic hydroxyl groups is 2. The van der Waals surface area contributed by atoms with Crippen LogP contribution in [0.4, 0.5) is 0 Å². The molecule has 2 N–H and O–H groups in total. The predicted molar refractivity (Wildman–Crippen MR) is 109 cm³/mol. The molecule has 0 fully saturated rings. The molecule has 148 valence electrons. The van der Waals surface area contributed by atoms with Crippen LogP contribution in [-0.4, -0.2) is 42.4 Å². The number of phenolic OH excluding ortho intramolecular Hbond substituents is 2. The molecule has 5 heteroatoms. The lowest BCUT2D eigenvalue weighted by Crippen LogP contribution is -2.38. The summed E-state index contributed by atoms with van der Waals surface area (Å²) in [5, 5.41) is 21.3. The van der Waals surface area contributed by atoms with Gasteiger partial charge < -0.3 is 19.7 Å². The third-order valence-electron chi connectivity index (χ3n) is 5.87. The van der Waals surface area contributed by atoms with Gasteiger partial charge in [0.05, 0.1) is 14.2 Å². The fraction of sp³-hybridized carbons (Fsp3) is 0.391. The summed E-state index contributed by atoms with van der Waals surface area (Å²) in [6, 6.07) is 5.72. The van der Waals surface area contributed by atoms with E-state index in [2.05, 4.69) is 24.8 Å². The lowest BCUT2D eigenvalue weighted by molar-refractivity contribution is 0.202. The number of rotatable bonds is 4. The zero-order valence-electron chi connectivity index (χ0n) is 16.9. The third-order valence-corrected chi connectivity index (χ3v) is 5.87. The van der Waals surface area contributed by atoms with Crippen molar-refractivity contribution in [2.24, 2.45) is 0 Å². The molecule has 0 spiro atoms. The minimum absolute atomic E-state index is 0.124. The van der Waals surface area contributed by atoms with Crippen LogP contribution in [0.25, 0.3) is 11.1 Å². The first kappa shape index (κ1) is 18.7. The van der Waals surface area contributed by atoms with Crippen LogP contribution in [0.15, 0.2) is 29.8 Å². The summed E-state index contributed by atoms with van der Waals surface area (Å²) in [5.74, 6) is 1.18. The number of ether oxygens (including phenoxy) is 2. The largest absolute Gasteiger partial charge is 0.504 e. The van der Waals surface area contributed by atoms with Gasteiger partial charge in [-0.2, -0.15) is 0 Å². The van der Waals surface area contributed by atoms with E-state index in [0.29, 0.717) is 11.5 Å². The third kappa shape index (κ3) is 2.90.